The molecule has 0 spiro atoms. The second-order valence-electron chi connectivity index (χ2n) is 14.2. The van der Waals surface area contributed by atoms with Crippen molar-refractivity contribution in [2.24, 2.45) is 0 Å². The highest BCUT2D eigenvalue weighted by atomic mass is 16.3. The van der Waals surface area contributed by atoms with E-state index in [1.54, 1.807) is 0 Å². The van der Waals surface area contributed by atoms with E-state index in [9.17, 15) is 0 Å². The molecule has 0 amide bonds. The van der Waals surface area contributed by atoms with Crippen molar-refractivity contribution in [2.45, 2.75) is 19.3 Å². The maximum atomic E-state index is 7.02. The predicted molar refractivity (Wildman–Crippen MR) is 210 cm³/mol. The third-order valence-electron chi connectivity index (χ3n) is 11.0. The maximum Gasteiger partial charge on any atom is 0.164 e. The van der Waals surface area contributed by atoms with Crippen LogP contribution in [0.25, 0.3) is 94.1 Å². The minimum atomic E-state index is -0.0890. The number of para-hydroxylation sites is 3. The maximum absolute atomic E-state index is 7.02. The molecule has 1 aliphatic carbocycles. The largest absolute Gasteiger partial charge is 0.455 e. The first-order chi connectivity index (χ1) is 25.1. The molecule has 0 atom stereocenters. The number of aromatic nitrogens is 3. The van der Waals surface area contributed by atoms with E-state index in [4.69, 9.17) is 14.4 Å². The van der Waals surface area contributed by atoms with Crippen LogP contribution in [0.1, 0.15) is 25.0 Å². The van der Waals surface area contributed by atoms with Crippen LogP contribution in [-0.2, 0) is 5.41 Å². The normalized spacial score (nSPS) is 13.5. The molecule has 51 heavy (non-hydrogen) atoms. The summed E-state index contributed by atoms with van der Waals surface area (Å²) in [6, 6.07) is 53.8. The molecule has 0 saturated heterocycles. The van der Waals surface area contributed by atoms with Crippen LogP contribution in [0.4, 0.5) is 0 Å². The van der Waals surface area contributed by atoms with E-state index in [0.29, 0.717) is 5.82 Å². The van der Waals surface area contributed by atoms with Crippen molar-refractivity contribution >= 4 is 54.6 Å². The van der Waals surface area contributed by atoms with Crippen LogP contribution in [0.2, 0.25) is 0 Å². The van der Waals surface area contributed by atoms with E-state index in [1.165, 1.54) is 22.3 Å². The van der Waals surface area contributed by atoms with Gasteiger partial charge in [0.1, 0.15) is 11.2 Å². The van der Waals surface area contributed by atoms with Crippen LogP contribution >= 0.6 is 0 Å². The SMILES string of the molecule is CC1(C)c2ccccc2-c2ccc(-n3c4ccccc4c4c5oc6c(-c7nc(-c8ccccc8)c8ccccc8n7)cccc6c5ccc43)cc21. The zero-order chi connectivity index (χ0) is 33.8. The summed E-state index contributed by atoms with van der Waals surface area (Å²) in [4.78, 5) is 10.3. The Morgan fingerprint density at radius 2 is 1.22 bits per heavy atom. The second kappa shape index (κ2) is 10.3. The van der Waals surface area contributed by atoms with Gasteiger partial charge in [-0.15, -0.1) is 0 Å². The van der Waals surface area contributed by atoms with Crippen molar-refractivity contribution in [2.75, 3.05) is 0 Å². The summed E-state index contributed by atoms with van der Waals surface area (Å²) in [5, 5.41) is 5.43. The number of rotatable bonds is 3. The Kier molecular flexibility index (Phi) is 5.70. The van der Waals surface area contributed by atoms with E-state index in [1.807, 2.05) is 18.2 Å². The first-order valence-electron chi connectivity index (χ1n) is 17.5. The summed E-state index contributed by atoms with van der Waals surface area (Å²) >= 11 is 0. The molecule has 1 aliphatic rings. The zero-order valence-electron chi connectivity index (χ0n) is 28.2. The molecule has 11 rings (SSSR count). The lowest BCUT2D eigenvalue weighted by Gasteiger charge is -2.22. The van der Waals surface area contributed by atoms with Crippen LogP contribution in [0, 0.1) is 0 Å². The lowest BCUT2D eigenvalue weighted by Crippen LogP contribution is -2.15. The topological polar surface area (TPSA) is 43.9 Å². The fourth-order valence-electron chi connectivity index (χ4n) is 8.61. The molecular formula is C47H31N3O. The van der Waals surface area contributed by atoms with Gasteiger partial charge in [-0.05, 0) is 64.7 Å². The van der Waals surface area contributed by atoms with Crippen molar-refractivity contribution in [1.82, 2.24) is 14.5 Å². The van der Waals surface area contributed by atoms with Crippen LogP contribution in [0.3, 0.4) is 0 Å². The minimum Gasteiger partial charge on any atom is -0.455 e. The van der Waals surface area contributed by atoms with Gasteiger partial charge in [-0.1, -0.05) is 123 Å². The molecule has 3 aromatic heterocycles. The first kappa shape index (κ1) is 28.3. The molecule has 10 aromatic rings. The second-order valence-corrected chi connectivity index (χ2v) is 14.2. The number of fused-ring (bicyclic) bond motifs is 11. The Balaban J connectivity index is 1.16. The molecule has 7 aromatic carbocycles. The minimum absolute atomic E-state index is 0.0890. The first-order valence-corrected chi connectivity index (χ1v) is 17.5. The summed E-state index contributed by atoms with van der Waals surface area (Å²) in [6.45, 7) is 4.68. The number of hydrogen-bond acceptors (Lipinski definition) is 3. The Labute approximate surface area is 294 Å². The van der Waals surface area contributed by atoms with Crippen LogP contribution in [0.5, 0.6) is 0 Å². The summed E-state index contributed by atoms with van der Waals surface area (Å²) in [5.41, 5.74) is 14.1. The molecule has 0 bridgehead atoms. The van der Waals surface area contributed by atoms with E-state index in [0.717, 1.165) is 77.2 Å². The van der Waals surface area contributed by atoms with E-state index >= 15 is 0 Å². The number of hydrogen-bond donors (Lipinski definition) is 0. The molecule has 0 saturated carbocycles. The van der Waals surface area contributed by atoms with Crippen molar-refractivity contribution < 1.29 is 4.42 Å². The van der Waals surface area contributed by atoms with Crippen LogP contribution < -0.4 is 0 Å². The van der Waals surface area contributed by atoms with E-state index < -0.39 is 0 Å². The third kappa shape index (κ3) is 3.90. The average molecular weight is 654 g/mol. The van der Waals surface area contributed by atoms with Gasteiger partial charge >= 0.3 is 0 Å². The molecule has 0 radical (unpaired) electrons. The lowest BCUT2D eigenvalue weighted by atomic mass is 9.82. The van der Waals surface area contributed by atoms with Crippen molar-refractivity contribution in [3.8, 4) is 39.5 Å². The Bertz CT molecular complexity index is 3060. The molecule has 3 heterocycles. The Morgan fingerprint density at radius 1 is 0.510 bits per heavy atom. The molecule has 0 N–H and O–H groups in total. The molecule has 0 aliphatic heterocycles. The van der Waals surface area contributed by atoms with Gasteiger partial charge in [0.25, 0.3) is 0 Å². The number of nitrogens with zero attached hydrogens (tertiary/aromatic N) is 3. The van der Waals surface area contributed by atoms with Crippen LogP contribution in [-0.4, -0.2) is 14.5 Å². The Hall–Kier alpha value is -6.52. The highest BCUT2D eigenvalue weighted by Crippen LogP contribution is 2.50. The highest BCUT2D eigenvalue weighted by molar-refractivity contribution is 6.24. The Morgan fingerprint density at radius 3 is 2.12 bits per heavy atom. The van der Waals surface area contributed by atoms with Crippen LogP contribution in [0.15, 0.2) is 156 Å². The van der Waals surface area contributed by atoms with Gasteiger partial charge in [0.2, 0.25) is 0 Å². The average Bonchev–Trinajstić information content (AvgIpc) is 3.80. The molecular weight excluding hydrogens is 623 g/mol. The lowest BCUT2D eigenvalue weighted by molar-refractivity contribution is 0.660. The number of benzene rings is 7. The van der Waals surface area contributed by atoms with E-state index in [2.05, 4.69) is 152 Å². The molecule has 0 fully saturated rings. The van der Waals surface area contributed by atoms with E-state index in [-0.39, 0.29) is 5.41 Å². The van der Waals surface area contributed by atoms with Crippen molar-refractivity contribution in [3.05, 3.63) is 163 Å². The van der Waals surface area contributed by atoms with Gasteiger partial charge in [0, 0.05) is 38.2 Å². The fourth-order valence-corrected chi connectivity index (χ4v) is 8.61. The van der Waals surface area contributed by atoms with Crippen molar-refractivity contribution in [1.29, 1.82) is 0 Å². The van der Waals surface area contributed by atoms with Gasteiger partial charge < -0.3 is 8.98 Å². The fraction of sp³-hybridized carbons (Fsp3) is 0.0638. The number of furan rings is 1. The standard InChI is InChI=1S/C47H31N3O/c1-47(2)37-20-9-6-15-30(37)31-24-23-29(27-38(31)47)50-40-22-11-8-17-35(40)42-41(50)26-25-33-32-18-12-19-36(44(32)51-45(33)42)46-48-39-21-10-7-16-34(39)43(49-46)28-13-4-3-5-14-28/h3-27H,1-2H3. The van der Waals surface area contributed by atoms with Gasteiger partial charge in [0.05, 0.1) is 33.2 Å². The zero-order valence-corrected chi connectivity index (χ0v) is 28.2. The summed E-state index contributed by atoms with van der Waals surface area (Å²) in [5.74, 6) is 0.651. The predicted octanol–water partition coefficient (Wildman–Crippen LogP) is 12.3. The summed E-state index contributed by atoms with van der Waals surface area (Å²) < 4.78 is 9.42. The quantitative estimate of drug-likeness (QED) is 0.191. The van der Waals surface area contributed by atoms with Gasteiger partial charge in [0.15, 0.2) is 5.82 Å². The summed E-state index contributed by atoms with van der Waals surface area (Å²) in [6.07, 6.45) is 0. The third-order valence-corrected chi connectivity index (χ3v) is 11.0. The molecule has 4 heteroatoms. The van der Waals surface area contributed by atoms with Gasteiger partial charge in [-0.3, -0.25) is 0 Å². The molecule has 0 unspecified atom stereocenters. The molecule has 4 nitrogen and oxygen atoms in total. The molecule has 240 valence electrons. The summed E-state index contributed by atoms with van der Waals surface area (Å²) in [7, 11) is 0. The van der Waals surface area contributed by atoms with Gasteiger partial charge in [-0.25, -0.2) is 9.97 Å². The van der Waals surface area contributed by atoms with Crippen molar-refractivity contribution in [3.63, 3.8) is 0 Å². The highest BCUT2D eigenvalue weighted by Gasteiger charge is 2.35. The van der Waals surface area contributed by atoms with Gasteiger partial charge in [-0.2, -0.15) is 0 Å². The smallest absolute Gasteiger partial charge is 0.164 e. The monoisotopic (exact) mass is 653 g/mol.